The van der Waals surface area contributed by atoms with Crippen LogP contribution in [0.3, 0.4) is 0 Å². The topological polar surface area (TPSA) is 43.4 Å². The fraction of sp³-hybridized carbons (Fsp3) is 0.900. The van der Waals surface area contributed by atoms with Crippen molar-refractivity contribution in [1.82, 2.24) is 0 Å². The molecule has 0 saturated carbocycles. The molecule has 2 unspecified atom stereocenters. The van der Waals surface area contributed by atoms with Crippen LogP contribution >= 0.6 is 11.8 Å². The molecular formula is C20H38O3S. The minimum atomic E-state index is -0.225. The molecule has 24 heavy (non-hydrogen) atoms. The van der Waals surface area contributed by atoms with Crippen LogP contribution < -0.4 is 0 Å². The third kappa shape index (κ3) is 12.9. The van der Waals surface area contributed by atoms with Gasteiger partial charge in [0.25, 0.3) is 0 Å². The van der Waals surface area contributed by atoms with Gasteiger partial charge in [0, 0.05) is 12.2 Å². The highest BCUT2D eigenvalue weighted by molar-refractivity contribution is 8.13. The first-order valence-electron chi connectivity index (χ1n) is 9.88. The Morgan fingerprint density at radius 3 is 2.00 bits per heavy atom. The summed E-state index contributed by atoms with van der Waals surface area (Å²) < 4.78 is 5.34. The molecule has 0 aromatic heterocycles. The average Bonchev–Trinajstić information content (AvgIpc) is 2.60. The number of hydrogen-bond acceptors (Lipinski definition) is 4. The molecule has 0 spiro atoms. The van der Waals surface area contributed by atoms with Crippen LogP contribution in [-0.4, -0.2) is 23.4 Å². The lowest BCUT2D eigenvalue weighted by Gasteiger charge is -2.15. The molecule has 0 bridgehead atoms. The van der Waals surface area contributed by atoms with E-state index in [1.54, 1.807) is 0 Å². The normalized spacial score (nSPS) is 13.5. The van der Waals surface area contributed by atoms with Crippen LogP contribution in [0.2, 0.25) is 0 Å². The predicted molar refractivity (Wildman–Crippen MR) is 104 cm³/mol. The summed E-state index contributed by atoms with van der Waals surface area (Å²) in [4.78, 5) is 23.7. The second-order valence-electron chi connectivity index (χ2n) is 6.70. The van der Waals surface area contributed by atoms with E-state index in [4.69, 9.17) is 4.74 Å². The number of ether oxygens (including phenoxy) is 1. The van der Waals surface area contributed by atoms with Gasteiger partial charge in [0.2, 0.25) is 0 Å². The van der Waals surface area contributed by atoms with Crippen molar-refractivity contribution < 1.29 is 14.3 Å². The van der Waals surface area contributed by atoms with Gasteiger partial charge in [-0.15, -0.1) is 0 Å². The maximum atomic E-state index is 11.9. The van der Waals surface area contributed by atoms with Crippen molar-refractivity contribution in [2.24, 2.45) is 11.8 Å². The zero-order chi connectivity index (χ0) is 18.2. The average molecular weight is 359 g/mol. The molecule has 0 radical (unpaired) electrons. The van der Waals surface area contributed by atoms with E-state index < -0.39 is 0 Å². The van der Waals surface area contributed by atoms with E-state index in [1.165, 1.54) is 43.9 Å². The van der Waals surface area contributed by atoms with Gasteiger partial charge in [-0.1, -0.05) is 78.0 Å². The molecule has 142 valence electrons. The first-order chi connectivity index (χ1) is 11.6. The van der Waals surface area contributed by atoms with Crippen molar-refractivity contribution in [2.75, 3.05) is 12.4 Å². The summed E-state index contributed by atoms with van der Waals surface area (Å²) in [5, 5.41) is 0.125. The van der Waals surface area contributed by atoms with Gasteiger partial charge in [-0.3, -0.25) is 9.59 Å². The quantitative estimate of drug-likeness (QED) is 0.337. The van der Waals surface area contributed by atoms with Gasteiger partial charge in [0.15, 0.2) is 5.12 Å². The van der Waals surface area contributed by atoms with Crippen molar-refractivity contribution in [3.63, 3.8) is 0 Å². The van der Waals surface area contributed by atoms with E-state index >= 15 is 0 Å². The second-order valence-corrected chi connectivity index (χ2v) is 7.78. The summed E-state index contributed by atoms with van der Waals surface area (Å²) in [6.45, 7) is 9.20. The van der Waals surface area contributed by atoms with E-state index in [-0.39, 0.29) is 17.5 Å². The lowest BCUT2D eigenvalue weighted by Crippen LogP contribution is -2.14. The highest BCUT2D eigenvalue weighted by Crippen LogP contribution is 2.20. The second kappa shape index (κ2) is 16.0. The molecule has 4 heteroatoms. The zero-order valence-electron chi connectivity index (χ0n) is 16.3. The van der Waals surface area contributed by atoms with Gasteiger partial charge >= 0.3 is 5.97 Å². The predicted octanol–water partition coefficient (Wildman–Crippen LogP) is 6.00. The number of thioether (sulfide) groups is 1. The summed E-state index contributed by atoms with van der Waals surface area (Å²) in [5.74, 6) is 1.74. The van der Waals surface area contributed by atoms with Gasteiger partial charge < -0.3 is 4.74 Å². The third-order valence-corrected chi connectivity index (χ3v) is 5.74. The number of unbranched alkanes of at least 4 members (excludes halogenated alkanes) is 2. The molecule has 0 fully saturated rings. The Hall–Kier alpha value is -0.510. The first-order valence-corrected chi connectivity index (χ1v) is 10.9. The lowest BCUT2D eigenvalue weighted by molar-refractivity contribution is -0.145. The highest BCUT2D eigenvalue weighted by atomic mass is 32.2. The number of carbonyl (C=O) groups excluding carboxylic acids is 2. The Kier molecular flexibility index (Phi) is 15.6. The Bertz CT molecular complexity index is 299. The Morgan fingerprint density at radius 2 is 1.46 bits per heavy atom. The molecule has 0 aliphatic heterocycles. The first kappa shape index (κ1) is 23.5. The molecule has 0 aromatic rings. The van der Waals surface area contributed by atoms with Gasteiger partial charge in [0.1, 0.15) is 0 Å². The monoisotopic (exact) mass is 358 g/mol. The van der Waals surface area contributed by atoms with Gasteiger partial charge in [-0.2, -0.15) is 0 Å². The Balaban J connectivity index is 3.86. The highest BCUT2D eigenvalue weighted by Gasteiger charge is 2.14. The molecular weight excluding hydrogens is 320 g/mol. The van der Waals surface area contributed by atoms with Crippen molar-refractivity contribution >= 4 is 22.8 Å². The molecule has 2 atom stereocenters. The molecule has 0 amide bonds. The number of hydrogen-bond donors (Lipinski definition) is 0. The van der Waals surface area contributed by atoms with Gasteiger partial charge in [-0.05, 0) is 24.7 Å². The summed E-state index contributed by atoms with van der Waals surface area (Å²) in [5.41, 5.74) is 0. The van der Waals surface area contributed by atoms with Crippen LogP contribution in [0.1, 0.15) is 91.9 Å². The number of carbonyl (C=O) groups is 2. The van der Waals surface area contributed by atoms with Crippen LogP contribution in [0.4, 0.5) is 0 Å². The van der Waals surface area contributed by atoms with Gasteiger partial charge in [-0.25, -0.2) is 0 Å². The van der Waals surface area contributed by atoms with Crippen LogP contribution in [-0.2, 0) is 14.3 Å². The minimum absolute atomic E-state index is 0.125. The van der Waals surface area contributed by atoms with Crippen molar-refractivity contribution in [3.8, 4) is 0 Å². The van der Waals surface area contributed by atoms with Crippen LogP contribution in [0.25, 0.3) is 0 Å². The summed E-state index contributed by atoms with van der Waals surface area (Å²) in [6, 6.07) is 0. The van der Waals surface area contributed by atoms with E-state index in [9.17, 15) is 9.59 Å². The molecule has 0 aromatic carbocycles. The molecule has 3 nitrogen and oxygen atoms in total. The molecule has 0 N–H and O–H groups in total. The van der Waals surface area contributed by atoms with E-state index in [1.807, 2.05) is 0 Å². The fourth-order valence-corrected chi connectivity index (χ4v) is 3.64. The minimum Gasteiger partial charge on any atom is -0.465 e. The largest absolute Gasteiger partial charge is 0.465 e. The van der Waals surface area contributed by atoms with Crippen molar-refractivity contribution in [3.05, 3.63) is 0 Å². The molecule has 0 aliphatic carbocycles. The summed E-state index contributed by atoms with van der Waals surface area (Å²) >= 11 is 1.39. The van der Waals surface area contributed by atoms with E-state index in [0.29, 0.717) is 24.9 Å². The van der Waals surface area contributed by atoms with Crippen molar-refractivity contribution in [2.45, 2.75) is 91.9 Å². The molecule has 0 saturated heterocycles. The van der Waals surface area contributed by atoms with E-state index in [2.05, 4.69) is 27.7 Å². The maximum absolute atomic E-state index is 11.9. The SMILES string of the molecule is CCCCC(CC)COC(=O)CCC(=O)SCC(CC)CCCC. The number of esters is 1. The third-order valence-electron chi connectivity index (χ3n) is 4.58. The summed E-state index contributed by atoms with van der Waals surface area (Å²) in [7, 11) is 0. The number of rotatable bonds is 15. The van der Waals surface area contributed by atoms with Crippen LogP contribution in [0.5, 0.6) is 0 Å². The smallest absolute Gasteiger partial charge is 0.306 e. The lowest BCUT2D eigenvalue weighted by atomic mass is 10.0. The van der Waals surface area contributed by atoms with Crippen LogP contribution in [0, 0.1) is 11.8 Å². The maximum Gasteiger partial charge on any atom is 0.306 e. The molecule has 0 heterocycles. The Labute approximate surface area is 153 Å². The van der Waals surface area contributed by atoms with E-state index in [0.717, 1.165) is 25.0 Å². The van der Waals surface area contributed by atoms with Crippen molar-refractivity contribution in [1.29, 1.82) is 0 Å². The molecule has 0 rings (SSSR count). The Morgan fingerprint density at radius 1 is 0.875 bits per heavy atom. The van der Waals surface area contributed by atoms with Crippen LogP contribution in [0.15, 0.2) is 0 Å². The molecule has 0 aliphatic rings. The fourth-order valence-electron chi connectivity index (χ4n) is 2.57. The standard InChI is InChI=1S/C20H38O3S/c1-5-9-11-17(7-3)15-23-19(21)13-14-20(22)24-16-18(8-4)12-10-6-2/h17-18H,5-16H2,1-4H3. The van der Waals surface area contributed by atoms with Gasteiger partial charge in [0.05, 0.1) is 13.0 Å². The summed E-state index contributed by atoms with van der Waals surface area (Å²) in [6.07, 6.45) is 9.80. The zero-order valence-corrected chi connectivity index (χ0v) is 17.1.